The maximum absolute atomic E-state index is 13.2. The van der Waals surface area contributed by atoms with Crippen molar-refractivity contribution in [3.05, 3.63) is 128 Å². The van der Waals surface area contributed by atoms with Gasteiger partial charge in [-0.3, -0.25) is 4.79 Å². The van der Waals surface area contributed by atoms with E-state index in [4.69, 9.17) is 4.74 Å². The van der Waals surface area contributed by atoms with Gasteiger partial charge in [-0.1, -0.05) is 328 Å². The van der Waals surface area contributed by atoms with E-state index >= 15 is 0 Å². The predicted octanol–water partition coefficient (Wildman–Crippen LogP) is 37.2. The highest BCUT2D eigenvalue weighted by molar-refractivity contribution is 7.32. The summed E-state index contributed by atoms with van der Waals surface area (Å²) in [7, 11) is 1.47. The van der Waals surface area contributed by atoms with Crippen molar-refractivity contribution in [2.75, 3.05) is 7.11 Å². The molecular weight excluding hydrogens is 1570 g/mol. The van der Waals surface area contributed by atoms with E-state index < -0.39 is 0 Å². The van der Waals surface area contributed by atoms with Crippen LogP contribution in [0.15, 0.2) is 72.8 Å². The van der Waals surface area contributed by atoms with Crippen molar-refractivity contribution >= 4 is 103 Å². The molecule has 8 unspecified atom stereocenters. The molecule has 0 aliphatic rings. The van der Waals surface area contributed by atoms with Crippen LogP contribution in [0.5, 0.6) is 0 Å². The number of methoxy groups -OCH3 is 1. The van der Waals surface area contributed by atoms with Gasteiger partial charge in [0.25, 0.3) is 0 Å². The molecule has 0 N–H and O–H groups in total. The molecule has 3 nitrogen and oxygen atoms in total. The Hall–Kier alpha value is -4.04. The first kappa shape index (κ1) is 95.8. The molecular formula is C105H152O3S8. The van der Waals surface area contributed by atoms with E-state index in [0.29, 0.717) is 52.9 Å². The molecule has 0 aliphatic heterocycles. The third-order valence-corrected chi connectivity index (χ3v) is 36.8. The van der Waals surface area contributed by atoms with E-state index in [1.807, 2.05) is 23.5 Å². The summed E-state index contributed by atoms with van der Waals surface area (Å²) in [6.45, 7) is 38.4. The van der Waals surface area contributed by atoms with Crippen LogP contribution in [0.4, 0.5) is 0 Å². The highest BCUT2D eigenvalue weighted by atomic mass is 32.1. The lowest BCUT2D eigenvalue weighted by atomic mass is 9.90. The van der Waals surface area contributed by atoms with E-state index in [1.54, 1.807) is 39.2 Å². The predicted molar refractivity (Wildman–Crippen MR) is 526 cm³/mol. The Morgan fingerprint density at radius 1 is 0.276 bits per heavy atom. The third-order valence-electron chi connectivity index (χ3n) is 26.2. The Bertz CT molecular complexity index is 4310. The summed E-state index contributed by atoms with van der Waals surface area (Å²) in [5, 5.41) is 0. The van der Waals surface area contributed by atoms with E-state index in [-0.39, 0.29) is 5.97 Å². The van der Waals surface area contributed by atoms with Crippen LogP contribution in [0.25, 0.3) is 78.7 Å². The second-order valence-corrected chi connectivity index (χ2v) is 43.4. The molecule has 11 heteroatoms. The molecule has 0 amide bonds. The molecule has 8 aromatic heterocycles. The lowest BCUT2D eigenvalue weighted by molar-refractivity contribution is 0.0600. The Morgan fingerprint density at radius 3 is 0.664 bits per heavy atom. The summed E-state index contributed by atoms with van der Waals surface area (Å²) in [5.74, 6) is 4.72. The van der Waals surface area contributed by atoms with Crippen LogP contribution in [-0.2, 0) is 56.1 Å². The Balaban J connectivity index is 1.27. The van der Waals surface area contributed by atoms with Crippen LogP contribution in [0, 0.1) is 47.3 Å². The zero-order chi connectivity index (χ0) is 83.0. The number of thiophene rings is 8. The highest BCUT2D eigenvalue weighted by Crippen LogP contribution is 2.56. The van der Waals surface area contributed by atoms with Crippen LogP contribution in [0.1, 0.15) is 381 Å². The second kappa shape index (κ2) is 50.5. The Morgan fingerprint density at radius 2 is 0.466 bits per heavy atom. The lowest BCUT2D eigenvalue weighted by Crippen LogP contribution is -2.04. The minimum Gasteiger partial charge on any atom is -0.465 e. The van der Waals surface area contributed by atoms with Crippen molar-refractivity contribution in [1.29, 1.82) is 0 Å². The number of ether oxygens (including phenoxy) is 1. The summed E-state index contributed by atoms with van der Waals surface area (Å²) in [6, 6.07) is 29.5. The van der Waals surface area contributed by atoms with Crippen molar-refractivity contribution in [2.24, 2.45) is 47.3 Å². The van der Waals surface area contributed by atoms with Crippen LogP contribution >= 0.6 is 90.7 Å². The summed E-state index contributed by atoms with van der Waals surface area (Å²) >= 11 is 16.5. The molecule has 9 aromatic rings. The average Bonchev–Trinajstić information content (AvgIpc) is 1.61. The SMILES string of the molecule is CCCCC(CC)Cc1cc(-c2sc(-c3sc(-c4sc(-c5sc(-c6sc(-c7sc(-c8sc(-c9ccc(C(=O)OC)cc9)cc8CC(CC)CCCC)cc7CC(CC)CCCC)cc6CC(CC)CCCC)cc5CC(CC)CCCC)cc4CC(CC)CCCC)cc3CC(CC)CCCC)cc2CC(CC)CCCC)sc1C=O. The monoisotopic (exact) mass is 1720 g/mol. The van der Waals surface area contributed by atoms with Crippen molar-refractivity contribution in [3.63, 3.8) is 0 Å². The topological polar surface area (TPSA) is 43.4 Å². The van der Waals surface area contributed by atoms with Gasteiger partial charge >= 0.3 is 5.97 Å². The molecule has 8 heterocycles. The first-order chi connectivity index (χ1) is 56.5. The first-order valence-electron chi connectivity index (χ1n) is 47.2. The fourth-order valence-corrected chi connectivity index (χ4v) is 28.4. The van der Waals surface area contributed by atoms with Gasteiger partial charge in [-0.2, -0.15) is 0 Å². The molecule has 638 valence electrons. The molecule has 0 bridgehead atoms. The van der Waals surface area contributed by atoms with Crippen molar-refractivity contribution < 1.29 is 14.3 Å². The molecule has 0 saturated heterocycles. The average molecular weight is 1720 g/mol. The number of benzene rings is 1. The van der Waals surface area contributed by atoms with Gasteiger partial charge in [0.1, 0.15) is 0 Å². The normalized spacial score (nSPS) is 14.0. The number of rotatable bonds is 58. The summed E-state index contributed by atoms with van der Waals surface area (Å²) in [6.07, 6.45) is 49.5. The van der Waals surface area contributed by atoms with E-state index in [2.05, 4.69) is 239 Å². The number of carbonyl (C=O) groups is 2. The molecule has 116 heavy (non-hydrogen) atoms. The van der Waals surface area contributed by atoms with Crippen molar-refractivity contribution in [2.45, 2.75) is 368 Å². The van der Waals surface area contributed by atoms with Gasteiger partial charge in [0.15, 0.2) is 6.29 Å². The van der Waals surface area contributed by atoms with Crippen molar-refractivity contribution in [1.82, 2.24) is 0 Å². The van der Waals surface area contributed by atoms with Gasteiger partial charge in [-0.25, -0.2) is 4.79 Å². The molecule has 0 fully saturated rings. The molecule has 1 aromatic carbocycles. The highest BCUT2D eigenvalue weighted by Gasteiger charge is 2.31. The van der Waals surface area contributed by atoms with Crippen LogP contribution in [0.3, 0.4) is 0 Å². The number of aldehydes is 1. The number of hydrogen-bond donors (Lipinski definition) is 0. The standard InChI is InChI=1S/C105H152O3S8/c1-18-34-42-71(26-9)54-81-62-90(109-97(81)70-106)98-83(56-73(28-11)44-36-20-3)64-92(111-98)100-85(58-75(30-13)46-38-22-5)66-94(113-100)102-87(60-77(32-15)48-40-24-7)68-96(115-102)104-88(61-78(33-16)49-41-25-8)69-95(116-104)103-86(59-76(31-14)47-39-23-6)67-93(114-103)101-84(57-74(29-12)45-37-21-4)65-91(112-101)99-82(55-72(27-10)43-35-19-2)63-89(110-99)79-50-52-80(53-51-79)105(107)108-17/h50-53,62-78H,18-49,54-61H2,1-17H3. The van der Waals surface area contributed by atoms with Gasteiger partial charge in [0, 0.05) is 73.2 Å². The van der Waals surface area contributed by atoms with Gasteiger partial charge in [0.05, 0.1) is 17.6 Å². The Labute approximate surface area is 739 Å². The second-order valence-electron chi connectivity index (χ2n) is 34.9. The van der Waals surface area contributed by atoms with Gasteiger partial charge in [0.2, 0.25) is 0 Å². The zero-order valence-electron chi connectivity index (χ0n) is 75.4. The summed E-state index contributed by atoms with van der Waals surface area (Å²) in [5.41, 5.74) is 13.8. The number of esters is 1. The smallest absolute Gasteiger partial charge is 0.337 e. The van der Waals surface area contributed by atoms with Crippen molar-refractivity contribution in [3.8, 4) is 78.7 Å². The summed E-state index contributed by atoms with van der Waals surface area (Å²) < 4.78 is 5.16. The first-order valence-corrected chi connectivity index (χ1v) is 53.8. The maximum Gasteiger partial charge on any atom is 0.337 e. The molecule has 8 atom stereocenters. The molecule has 0 saturated carbocycles. The third kappa shape index (κ3) is 26.5. The van der Waals surface area contributed by atoms with Crippen LogP contribution < -0.4 is 0 Å². The minimum absolute atomic E-state index is 0.291. The van der Waals surface area contributed by atoms with E-state index in [1.165, 1.54) is 308 Å². The zero-order valence-corrected chi connectivity index (χ0v) is 81.9. The molecule has 0 aliphatic carbocycles. The largest absolute Gasteiger partial charge is 0.465 e. The minimum atomic E-state index is -0.291. The fourth-order valence-electron chi connectivity index (χ4n) is 18.1. The Kier molecular flexibility index (Phi) is 41.7. The fraction of sp³-hybridized carbons (Fsp3) is 0.619. The molecule has 9 rings (SSSR count). The van der Waals surface area contributed by atoms with E-state index in [9.17, 15) is 9.59 Å². The quantitative estimate of drug-likeness (QED) is 0.0282. The number of carbonyl (C=O) groups excluding carboxylic acids is 2. The van der Waals surface area contributed by atoms with E-state index in [0.717, 1.165) is 62.7 Å². The van der Waals surface area contributed by atoms with Gasteiger partial charge < -0.3 is 4.74 Å². The molecule has 0 radical (unpaired) electrons. The van der Waals surface area contributed by atoms with Gasteiger partial charge in [-0.05, 0) is 209 Å². The number of hydrogen-bond acceptors (Lipinski definition) is 11. The molecule has 0 spiro atoms. The van der Waals surface area contributed by atoms with Gasteiger partial charge in [-0.15, -0.1) is 90.7 Å². The maximum atomic E-state index is 13.2. The number of unbranched alkanes of at least 4 members (excludes halogenated alkanes) is 8. The van der Waals surface area contributed by atoms with Crippen LogP contribution in [0.2, 0.25) is 0 Å². The summed E-state index contributed by atoms with van der Waals surface area (Å²) in [4.78, 5) is 48.7. The van der Waals surface area contributed by atoms with Crippen LogP contribution in [-0.4, -0.2) is 19.4 Å². The lowest BCUT2D eigenvalue weighted by Gasteiger charge is -2.15.